The highest BCUT2D eigenvalue weighted by molar-refractivity contribution is 6.13. The molecule has 5 rings (SSSR count). The number of fused-ring (bicyclic) bond motifs is 1. The van der Waals surface area contributed by atoms with E-state index in [4.69, 9.17) is 9.47 Å². The summed E-state index contributed by atoms with van der Waals surface area (Å²) in [5.74, 6) is -2.66. The molecule has 0 bridgehead atoms. The molecule has 2 amide bonds. The van der Waals surface area contributed by atoms with Gasteiger partial charge in [0.05, 0.1) is 42.8 Å². The number of alkyl halides is 1. The number of para-hydroxylation sites is 1. The predicted octanol–water partition coefficient (Wildman–Crippen LogP) is 5.07. The Hall–Kier alpha value is -3.99. The number of aliphatic carboxylic acids is 1. The van der Waals surface area contributed by atoms with E-state index in [1.54, 1.807) is 6.20 Å². The van der Waals surface area contributed by atoms with Crippen LogP contribution in [0.5, 0.6) is 5.75 Å². The van der Waals surface area contributed by atoms with Crippen LogP contribution in [0.3, 0.4) is 0 Å². The highest BCUT2D eigenvalue weighted by Gasteiger charge is 2.38. The summed E-state index contributed by atoms with van der Waals surface area (Å²) in [6, 6.07) is 9.15. The molecule has 1 saturated heterocycles. The number of ether oxygens (including phenoxy) is 2. The number of methoxy groups -OCH3 is 1. The molecular weight excluding hydrogens is 548 g/mol. The first-order valence-electron chi connectivity index (χ1n) is 14.2. The SMILES string of the molecule is COc1cc(CC(=O)N2CCC[C@H]2C(F)O[C@H]2CC[C@H](C(=O)O)CC2)c(F)cc1NC(=O)c1cn(C)c2ccccc12. The van der Waals surface area contributed by atoms with E-state index in [9.17, 15) is 19.5 Å². The van der Waals surface area contributed by atoms with Gasteiger partial charge in [-0.15, -0.1) is 0 Å². The van der Waals surface area contributed by atoms with Gasteiger partial charge in [0, 0.05) is 42.3 Å². The van der Waals surface area contributed by atoms with Crippen molar-refractivity contribution in [1.29, 1.82) is 0 Å². The molecule has 42 heavy (non-hydrogen) atoms. The number of carboxylic acid groups (broad SMARTS) is 1. The van der Waals surface area contributed by atoms with Gasteiger partial charge in [-0.3, -0.25) is 14.4 Å². The van der Waals surface area contributed by atoms with Crippen molar-refractivity contribution in [3.05, 3.63) is 59.5 Å². The van der Waals surface area contributed by atoms with Gasteiger partial charge in [0.1, 0.15) is 11.6 Å². The summed E-state index contributed by atoms with van der Waals surface area (Å²) in [6.45, 7) is 0.330. The number of rotatable bonds is 9. The summed E-state index contributed by atoms with van der Waals surface area (Å²) in [4.78, 5) is 38.9. The van der Waals surface area contributed by atoms with E-state index in [1.165, 1.54) is 18.1 Å². The molecule has 0 spiro atoms. The summed E-state index contributed by atoms with van der Waals surface area (Å²) in [5, 5.41) is 12.6. The molecule has 1 saturated carbocycles. The number of hydrogen-bond acceptors (Lipinski definition) is 5. The van der Waals surface area contributed by atoms with Crippen molar-refractivity contribution < 1.29 is 37.7 Å². The van der Waals surface area contributed by atoms with Crippen molar-refractivity contribution in [3.8, 4) is 5.75 Å². The lowest BCUT2D eigenvalue weighted by Gasteiger charge is -2.32. The lowest BCUT2D eigenvalue weighted by molar-refractivity contribution is -0.156. The van der Waals surface area contributed by atoms with Crippen molar-refractivity contribution in [3.63, 3.8) is 0 Å². The number of amides is 2. The van der Waals surface area contributed by atoms with Crippen LogP contribution < -0.4 is 10.1 Å². The van der Waals surface area contributed by atoms with E-state index in [2.05, 4.69) is 5.32 Å². The highest BCUT2D eigenvalue weighted by Crippen LogP contribution is 2.33. The van der Waals surface area contributed by atoms with Crippen molar-refractivity contribution in [2.45, 2.75) is 63.4 Å². The highest BCUT2D eigenvalue weighted by atomic mass is 19.1. The van der Waals surface area contributed by atoms with Gasteiger partial charge in [-0.2, -0.15) is 0 Å². The molecule has 1 aliphatic heterocycles. The Morgan fingerprint density at radius 3 is 2.57 bits per heavy atom. The van der Waals surface area contributed by atoms with Crippen molar-refractivity contribution >= 4 is 34.4 Å². The number of halogens is 2. The number of carboxylic acids is 1. The second-order valence-electron chi connectivity index (χ2n) is 11.0. The molecule has 2 atom stereocenters. The van der Waals surface area contributed by atoms with Gasteiger partial charge in [-0.25, -0.2) is 8.78 Å². The van der Waals surface area contributed by atoms with Crippen LogP contribution in [0.25, 0.3) is 10.9 Å². The molecule has 1 aliphatic carbocycles. The van der Waals surface area contributed by atoms with Crippen molar-refractivity contribution in [2.24, 2.45) is 13.0 Å². The fourth-order valence-corrected chi connectivity index (χ4v) is 6.07. The van der Waals surface area contributed by atoms with E-state index in [-0.39, 0.29) is 23.4 Å². The Bertz CT molecular complexity index is 1480. The molecule has 11 heteroatoms. The molecule has 1 aromatic heterocycles. The summed E-state index contributed by atoms with van der Waals surface area (Å²) in [6.07, 6.45) is 2.05. The number of aryl methyl sites for hydroxylation is 1. The smallest absolute Gasteiger partial charge is 0.306 e. The zero-order chi connectivity index (χ0) is 30.0. The quantitative estimate of drug-likeness (QED) is 0.364. The Labute approximate surface area is 242 Å². The Balaban J connectivity index is 1.24. The van der Waals surface area contributed by atoms with Crippen LogP contribution in [0.2, 0.25) is 0 Å². The monoisotopic (exact) mass is 583 g/mol. The number of carbonyl (C=O) groups excluding carboxylic acids is 2. The van der Waals surface area contributed by atoms with Crippen LogP contribution in [0.15, 0.2) is 42.6 Å². The largest absolute Gasteiger partial charge is 0.495 e. The van der Waals surface area contributed by atoms with Crippen LogP contribution in [0.4, 0.5) is 14.5 Å². The van der Waals surface area contributed by atoms with E-state index < -0.39 is 48.0 Å². The minimum absolute atomic E-state index is 0.0639. The predicted molar refractivity (Wildman–Crippen MR) is 152 cm³/mol. The van der Waals surface area contributed by atoms with Crippen LogP contribution in [0, 0.1) is 11.7 Å². The zero-order valence-electron chi connectivity index (χ0n) is 23.6. The average molecular weight is 584 g/mol. The van der Waals surface area contributed by atoms with Crippen LogP contribution in [0.1, 0.15) is 54.4 Å². The Morgan fingerprint density at radius 1 is 1.12 bits per heavy atom. The van der Waals surface area contributed by atoms with Gasteiger partial charge in [-0.1, -0.05) is 18.2 Å². The third-order valence-electron chi connectivity index (χ3n) is 8.37. The van der Waals surface area contributed by atoms with Crippen LogP contribution in [-0.2, 0) is 27.8 Å². The van der Waals surface area contributed by atoms with E-state index >= 15 is 8.78 Å². The maximum absolute atomic E-state index is 15.3. The first-order valence-corrected chi connectivity index (χ1v) is 14.2. The summed E-state index contributed by atoms with van der Waals surface area (Å²) >= 11 is 0. The first kappa shape index (κ1) is 29.5. The third-order valence-corrected chi connectivity index (χ3v) is 8.37. The third kappa shape index (κ3) is 6.11. The first-order chi connectivity index (χ1) is 20.2. The summed E-state index contributed by atoms with van der Waals surface area (Å²) in [5.41, 5.74) is 1.49. The average Bonchev–Trinajstić information content (AvgIpc) is 3.60. The topological polar surface area (TPSA) is 110 Å². The number of likely N-dealkylation sites (tertiary alicyclic amines) is 1. The van der Waals surface area contributed by atoms with E-state index in [0.29, 0.717) is 50.6 Å². The van der Waals surface area contributed by atoms with E-state index in [0.717, 1.165) is 17.0 Å². The minimum atomic E-state index is -1.71. The maximum Gasteiger partial charge on any atom is 0.306 e. The minimum Gasteiger partial charge on any atom is -0.495 e. The van der Waals surface area contributed by atoms with Crippen LogP contribution in [-0.4, -0.2) is 64.5 Å². The molecule has 1 unspecified atom stereocenters. The number of hydrogen-bond donors (Lipinski definition) is 2. The Kier molecular flexibility index (Phi) is 8.77. The number of anilines is 1. The fourth-order valence-electron chi connectivity index (χ4n) is 6.07. The molecular formula is C31H35F2N3O6. The van der Waals surface area contributed by atoms with Crippen molar-refractivity contribution in [2.75, 3.05) is 19.0 Å². The summed E-state index contributed by atoms with van der Waals surface area (Å²) in [7, 11) is 3.22. The lowest BCUT2D eigenvalue weighted by Crippen LogP contribution is -2.44. The molecule has 2 aliphatic rings. The lowest BCUT2D eigenvalue weighted by atomic mass is 9.87. The molecule has 9 nitrogen and oxygen atoms in total. The molecule has 3 aromatic rings. The standard InChI is InChI=1S/C31H35F2N3O6/c1-35-17-22(21-6-3-4-7-25(21)35)30(38)34-24-16-23(32)19(14-27(24)41-2)15-28(37)36-13-5-8-26(36)29(33)42-20-11-9-18(10-12-20)31(39)40/h3-4,6-7,14,16-18,20,26,29H,5,8-13,15H2,1-2H3,(H,34,38)(H,39,40)/t18-,20-,26-,29?/m0/s1. The number of nitrogens with zero attached hydrogens (tertiary/aromatic N) is 2. The normalized spacial score (nSPS) is 21.3. The Morgan fingerprint density at radius 2 is 1.86 bits per heavy atom. The number of benzene rings is 2. The molecule has 2 heterocycles. The van der Waals surface area contributed by atoms with E-state index in [1.807, 2.05) is 35.9 Å². The van der Waals surface area contributed by atoms with Gasteiger partial charge in [-0.05, 0) is 50.7 Å². The van der Waals surface area contributed by atoms with Crippen molar-refractivity contribution in [1.82, 2.24) is 9.47 Å². The zero-order valence-corrected chi connectivity index (χ0v) is 23.6. The maximum atomic E-state index is 15.3. The van der Waals surface area contributed by atoms with Gasteiger partial charge < -0.3 is 29.4 Å². The molecule has 2 fully saturated rings. The molecule has 2 N–H and O–H groups in total. The second kappa shape index (κ2) is 12.5. The molecule has 2 aromatic carbocycles. The van der Waals surface area contributed by atoms with Gasteiger partial charge >= 0.3 is 5.97 Å². The van der Waals surface area contributed by atoms with Gasteiger partial charge in [0.25, 0.3) is 5.91 Å². The van der Waals surface area contributed by atoms with Gasteiger partial charge in [0.15, 0.2) is 0 Å². The molecule has 224 valence electrons. The number of carbonyl (C=O) groups is 3. The molecule has 0 radical (unpaired) electrons. The van der Waals surface area contributed by atoms with Gasteiger partial charge in [0.2, 0.25) is 12.3 Å². The fraction of sp³-hybridized carbons (Fsp3) is 0.452. The summed E-state index contributed by atoms with van der Waals surface area (Å²) < 4.78 is 43.4. The number of aromatic nitrogens is 1. The number of nitrogens with one attached hydrogen (secondary N) is 1. The second-order valence-corrected chi connectivity index (χ2v) is 11.0. The van der Waals surface area contributed by atoms with Crippen LogP contribution >= 0.6 is 0 Å².